The Kier molecular flexibility index (Phi) is 3.70. The van der Waals surface area contributed by atoms with Crippen LogP contribution >= 0.6 is 0 Å². The van der Waals surface area contributed by atoms with Gasteiger partial charge in [0.1, 0.15) is 11.6 Å². The van der Waals surface area contributed by atoms with E-state index in [2.05, 4.69) is 11.4 Å². The molecule has 3 heteroatoms. The van der Waals surface area contributed by atoms with E-state index >= 15 is 0 Å². The zero-order valence-corrected chi connectivity index (χ0v) is 11.5. The third-order valence-electron chi connectivity index (χ3n) is 3.59. The van der Waals surface area contributed by atoms with Crippen molar-refractivity contribution in [1.29, 1.82) is 0 Å². The molecule has 0 unspecified atom stereocenters. The van der Waals surface area contributed by atoms with E-state index in [-0.39, 0.29) is 5.82 Å². The number of nitrogens with one attached hydrogen (secondary N) is 1. The van der Waals surface area contributed by atoms with Crippen molar-refractivity contribution < 1.29 is 9.13 Å². The largest absolute Gasteiger partial charge is 0.497 e. The van der Waals surface area contributed by atoms with Crippen LogP contribution in [0.4, 0.5) is 4.39 Å². The summed E-state index contributed by atoms with van der Waals surface area (Å²) < 4.78 is 19.1. The van der Waals surface area contributed by atoms with Crippen LogP contribution in [0, 0.1) is 5.82 Å². The molecule has 1 fully saturated rings. The molecule has 0 heterocycles. The molecule has 0 aliphatic heterocycles. The van der Waals surface area contributed by atoms with Crippen molar-refractivity contribution in [1.82, 2.24) is 5.32 Å². The number of ether oxygens (including phenoxy) is 1. The van der Waals surface area contributed by atoms with Gasteiger partial charge in [0.2, 0.25) is 0 Å². The van der Waals surface area contributed by atoms with Crippen LogP contribution in [-0.2, 0) is 6.54 Å². The molecule has 0 spiro atoms. The van der Waals surface area contributed by atoms with E-state index in [1.54, 1.807) is 19.2 Å². The lowest BCUT2D eigenvalue weighted by Gasteiger charge is -2.08. The van der Waals surface area contributed by atoms with Gasteiger partial charge in [0, 0.05) is 24.2 Å². The lowest BCUT2D eigenvalue weighted by atomic mass is 10.0. The SMILES string of the molecule is COc1ccc(-c2cccc(CNC3CC3)c2)c(F)c1. The first-order valence-electron chi connectivity index (χ1n) is 6.92. The summed E-state index contributed by atoms with van der Waals surface area (Å²) in [5.74, 6) is 0.287. The third kappa shape index (κ3) is 2.99. The Labute approximate surface area is 118 Å². The van der Waals surface area contributed by atoms with Crippen LogP contribution in [0.2, 0.25) is 0 Å². The van der Waals surface area contributed by atoms with Gasteiger partial charge in [-0.25, -0.2) is 4.39 Å². The summed E-state index contributed by atoms with van der Waals surface area (Å²) in [6, 6.07) is 13.7. The number of hydrogen-bond donors (Lipinski definition) is 1. The van der Waals surface area contributed by atoms with E-state index in [0.717, 1.165) is 12.1 Å². The highest BCUT2D eigenvalue weighted by molar-refractivity contribution is 5.65. The van der Waals surface area contributed by atoms with E-state index < -0.39 is 0 Å². The molecular weight excluding hydrogens is 253 g/mol. The first-order valence-corrected chi connectivity index (χ1v) is 6.92. The van der Waals surface area contributed by atoms with E-state index in [1.807, 2.05) is 18.2 Å². The molecule has 104 valence electrons. The first kappa shape index (κ1) is 13.1. The molecule has 0 atom stereocenters. The standard InChI is InChI=1S/C17H18FNO/c1-20-15-7-8-16(17(18)10-15)13-4-2-3-12(9-13)11-19-14-5-6-14/h2-4,7-10,14,19H,5-6,11H2,1H3. The van der Waals surface area contributed by atoms with Crippen LogP contribution in [0.5, 0.6) is 5.75 Å². The highest BCUT2D eigenvalue weighted by Crippen LogP contribution is 2.27. The fraction of sp³-hybridized carbons (Fsp3) is 0.294. The molecular formula is C17H18FNO. The van der Waals surface area contributed by atoms with Gasteiger partial charge in [-0.1, -0.05) is 18.2 Å². The Bertz CT molecular complexity index is 608. The van der Waals surface area contributed by atoms with Gasteiger partial charge < -0.3 is 10.1 Å². The second-order valence-electron chi connectivity index (χ2n) is 5.20. The Hall–Kier alpha value is -1.87. The average Bonchev–Trinajstić information content (AvgIpc) is 3.29. The number of halogens is 1. The van der Waals surface area contributed by atoms with Gasteiger partial charge in [0.05, 0.1) is 7.11 Å². The molecule has 1 aliphatic carbocycles. The summed E-state index contributed by atoms with van der Waals surface area (Å²) in [5, 5.41) is 3.47. The molecule has 2 aromatic carbocycles. The van der Waals surface area contributed by atoms with Gasteiger partial charge in [-0.05, 0) is 42.2 Å². The maximum atomic E-state index is 14.1. The predicted molar refractivity (Wildman–Crippen MR) is 78.2 cm³/mol. The minimum atomic E-state index is -0.253. The minimum Gasteiger partial charge on any atom is -0.497 e. The van der Waals surface area contributed by atoms with Gasteiger partial charge >= 0.3 is 0 Å². The summed E-state index contributed by atoms with van der Waals surface area (Å²) in [7, 11) is 1.54. The summed E-state index contributed by atoms with van der Waals surface area (Å²) in [6.07, 6.45) is 2.54. The van der Waals surface area contributed by atoms with Crippen LogP contribution in [-0.4, -0.2) is 13.2 Å². The highest BCUT2D eigenvalue weighted by atomic mass is 19.1. The molecule has 0 radical (unpaired) electrons. The molecule has 3 rings (SSSR count). The minimum absolute atomic E-state index is 0.253. The second-order valence-corrected chi connectivity index (χ2v) is 5.20. The molecule has 0 amide bonds. The normalized spacial score (nSPS) is 14.3. The fourth-order valence-corrected chi connectivity index (χ4v) is 2.26. The van der Waals surface area contributed by atoms with E-state index in [1.165, 1.54) is 24.5 Å². The van der Waals surface area contributed by atoms with Crippen molar-refractivity contribution in [2.75, 3.05) is 7.11 Å². The molecule has 1 N–H and O–H groups in total. The maximum Gasteiger partial charge on any atom is 0.134 e. The Morgan fingerprint density at radius 2 is 2.05 bits per heavy atom. The number of rotatable bonds is 5. The molecule has 1 saturated carbocycles. The smallest absolute Gasteiger partial charge is 0.134 e. The van der Waals surface area contributed by atoms with Gasteiger partial charge in [0.15, 0.2) is 0 Å². The van der Waals surface area contributed by atoms with Crippen LogP contribution in [0.25, 0.3) is 11.1 Å². The fourth-order valence-electron chi connectivity index (χ4n) is 2.26. The van der Waals surface area contributed by atoms with Crippen LogP contribution in [0.1, 0.15) is 18.4 Å². The number of benzene rings is 2. The molecule has 0 aromatic heterocycles. The van der Waals surface area contributed by atoms with Gasteiger partial charge in [0.25, 0.3) is 0 Å². The Morgan fingerprint density at radius 3 is 2.75 bits per heavy atom. The van der Waals surface area contributed by atoms with Gasteiger partial charge in [-0.15, -0.1) is 0 Å². The van der Waals surface area contributed by atoms with Gasteiger partial charge in [-0.3, -0.25) is 0 Å². The number of methoxy groups -OCH3 is 1. The second kappa shape index (κ2) is 5.63. The summed E-state index contributed by atoms with van der Waals surface area (Å²) in [5.41, 5.74) is 2.70. The van der Waals surface area contributed by atoms with Crippen LogP contribution in [0.15, 0.2) is 42.5 Å². The monoisotopic (exact) mass is 271 g/mol. The molecule has 0 saturated heterocycles. The molecule has 2 nitrogen and oxygen atoms in total. The highest BCUT2D eigenvalue weighted by Gasteiger charge is 2.19. The molecule has 20 heavy (non-hydrogen) atoms. The summed E-state index contributed by atoms with van der Waals surface area (Å²) in [4.78, 5) is 0. The summed E-state index contributed by atoms with van der Waals surface area (Å²) in [6.45, 7) is 0.844. The molecule has 0 bridgehead atoms. The topological polar surface area (TPSA) is 21.3 Å². The zero-order valence-electron chi connectivity index (χ0n) is 11.5. The number of hydrogen-bond acceptors (Lipinski definition) is 2. The van der Waals surface area contributed by atoms with Crippen molar-refractivity contribution in [3.05, 3.63) is 53.8 Å². The Balaban J connectivity index is 1.83. The van der Waals surface area contributed by atoms with E-state index in [0.29, 0.717) is 17.4 Å². The average molecular weight is 271 g/mol. The third-order valence-corrected chi connectivity index (χ3v) is 3.59. The van der Waals surface area contributed by atoms with Crippen LogP contribution < -0.4 is 10.1 Å². The van der Waals surface area contributed by atoms with Crippen molar-refractivity contribution in [2.45, 2.75) is 25.4 Å². The van der Waals surface area contributed by atoms with E-state index in [9.17, 15) is 4.39 Å². The predicted octanol–water partition coefficient (Wildman–Crippen LogP) is 3.75. The lowest BCUT2D eigenvalue weighted by molar-refractivity contribution is 0.411. The van der Waals surface area contributed by atoms with Crippen molar-refractivity contribution in [3.8, 4) is 16.9 Å². The van der Waals surface area contributed by atoms with Crippen molar-refractivity contribution >= 4 is 0 Å². The zero-order chi connectivity index (χ0) is 13.9. The quantitative estimate of drug-likeness (QED) is 0.894. The lowest BCUT2D eigenvalue weighted by Crippen LogP contribution is -2.15. The van der Waals surface area contributed by atoms with Gasteiger partial charge in [-0.2, -0.15) is 0 Å². The molecule has 1 aliphatic rings. The van der Waals surface area contributed by atoms with Crippen LogP contribution in [0.3, 0.4) is 0 Å². The van der Waals surface area contributed by atoms with Crippen molar-refractivity contribution in [3.63, 3.8) is 0 Å². The van der Waals surface area contributed by atoms with Crippen molar-refractivity contribution in [2.24, 2.45) is 0 Å². The maximum absolute atomic E-state index is 14.1. The Morgan fingerprint density at radius 1 is 1.20 bits per heavy atom. The molecule has 2 aromatic rings. The summed E-state index contributed by atoms with van der Waals surface area (Å²) >= 11 is 0. The van der Waals surface area contributed by atoms with E-state index in [4.69, 9.17) is 4.74 Å². The first-order chi connectivity index (χ1) is 9.76.